The van der Waals surface area contributed by atoms with Crippen molar-refractivity contribution >= 4 is 17.7 Å². The summed E-state index contributed by atoms with van der Waals surface area (Å²) in [5.74, 6) is -1.37. The fourth-order valence-electron chi connectivity index (χ4n) is 1.66. The van der Waals surface area contributed by atoms with Gasteiger partial charge in [-0.3, -0.25) is 19.7 Å². The number of carbonyl (C=O) groups excluding carboxylic acids is 3. The molecule has 0 spiro atoms. The number of rotatable bonds is 2. The Balaban J connectivity index is 2.02. The maximum Gasteiger partial charge on any atom is 0.270 e. The van der Waals surface area contributed by atoms with Crippen LogP contribution < -0.4 is 10.6 Å². The summed E-state index contributed by atoms with van der Waals surface area (Å²) in [7, 11) is 0. The van der Waals surface area contributed by atoms with Crippen LogP contribution in [0.25, 0.3) is 0 Å². The molecular weight excluding hydrogens is 248 g/mol. The van der Waals surface area contributed by atoms with Crippen LogP contribution in [0.2, 0.25) is 0 Å². The average Bonchev–Trinajstić information content (AvgIpc) is 2.42. The summed E-state index contributed by atoms with van der Waals surface area (Å²) < 4.78 is 0. The average molecular weight is 258 g/mol. The second-order valence-corrected chi connectivity index (χ2v) is 4.02. The molecule has 7 heteroatoms. The van der Waals surface area contributed by atoms with E-state index in [0.717, 1.165) is 0 Å². The highest BCUT2D eigenvalue weighted by atomic mass is 16.2. The van der Waals surface area contributed by atoms with Crippen molar-refractivity contribution in [1.29, 1.82) is 5.26 Å². The van der Waals surface area contributed by atoms with Gasteiger partial charge < -0.3 is 5.32 Å². The zero-order valence-electron chi connectivity index (χ0n) is 9.84. The molecule has 1 aromatic rings. The van der Waals surface area contributed by atoms with Crippen molar-refractivity contribution < 1.29 is 14.4 Å². The first kappa shape index (κ1) is 12.7. The Morgan fingerprint density at radius 3 is 2.84 bits per heavy atom. The van der Waals surface area contributed by atoms with Gasteiger partial charge in [-0.05, 0) is 18.6 Å². The molecule has 19 heavy (non-hydrogen) atoms. The van der Waals surface area contributed by atoms with Gasteiger partial charge in [0.15, 0.2) is 0 Å². The van der Waals surface area contributed by atoms with Crippen molar-refractivity contribution in [2.24, 2.45) is 0 Å². The van der Waals surface area contributed by atoms with E-state index in [9.17, 15) is 14.4 Å². The highest BCUT2D eigenvalue weighted by Crippen LogP contribution is 2.06. The fourth-order valence-corrected chi connectivity index (χ4v) is 1.66. The summed E-state index contributed by atoms with van der Waals surface area (Å²) in [6.07, 6.45) is 1.74. The van der Waals surface area contributed by atoms with Crippen molar-refractivity contribution in [3.63, 3.8) is 0 Å². The van der Waals surface area contributed by atoms with Crippen LogP contribution in [0.15, 0.2) is 18.3 Å². The number of imide groups is 1. The van der Waals surface area contributed by atoms with Gasteiger partial charge in [0.05, 0.1) is 5.56 Å². The van der Waals surface area contributed by atoms with Crippen LogP contribution in [-0.4, -0.2) is 28.7 Å². The summed E-state index contributed by atoms with van der Waals surface area (Å²) in [4.78, 5) is 38.1. The van der Waals surface area contributed by atoms with E-state index in [2.05, 4.69) is 15.6 Å². The molecule has 2 rings (SSSR count). The molecule has 0 aromatic carbocycles. The van der Waals surface area contributed by atoms with Crippen LogP contribution in [-0.2, 0) is 9.59 Å². The number of aromatic nitrogens is 1. The van der Waals surface area contributed by atoms with Gasteiger partial charge in [-0.15, -0.1) is 0 Å². The third-order valence-electron chi connectivity index (χ3n) is 2.67. The SMILES string of the molecule is N#Cc1ccc(C(=O)NC2CCC(=O)NC2=O)nc1. The molecule has 96 valence electrons. The summed E-state index contributed by atoms with van der Waals surface area (Å²) in [5, 5.41) is 13.3. The number of nitrogens with zero attached hydrogens (tertiary/aromatic N) is 2. The molecule has 7 nitrogen and oxygen atoms in total. The number of amides is 3. The minimum atomic E-state index is -0.734. The number of piperidine rings is 1. The number of nitriles is 1. The summed E-state index contributed by atoms with van der Waals surface area (Å²) in [6, 6.07) is 4.02. The van der Waals surface area contributed by atoms with Crippen LogP contribution in [0.1, 0.15) is 28.9 Å². The second-order valence-electron chi connectivity index (χ2n) is 4.02. The maximum atomic E-state index is 11.8. The first-order chi connectivity index (χ1) is 9.10. The minimum Gasteiger partial charge on any atom is -0.339 e. The lowest BCUT2D eigenvalue weighted by Crippen LogP contribution is -2.52. The van der Waals surface area contributed by atoms with E-state index < -0.39 is 17.9 Å². The fraction of sp³-hybridized carbons (Fsp3) is 0.250. The van der Waals surface area contributed by atoms with Gasteiger partial charge in [-0.25, -0.2) is 4.98 Å². The quantitative estimate of drug-likeness (QED) is 0.694. The monoisotopic (exact) mass is 258 g/mol. The van der Waals surface area contributed by atoms with Gasteiger partial charge in [0.2, 0.25) is 11.8 Å². The van der Waals surface area contributed by atoms with Crippen molar-refractivity contribution in [2.75, 3.05) is 0 Å². The number of hydrogen-bond donors (Lipinski definition) is 2. The van der Waals surface area contributed by atoms with Crippen molar-refractivity contribution in [2.45, 2.75) is 18.9 Å². The highest BCUT2D eigenvalue weighted by molar-refractivity contribution is 6.03. The van der Waals surface area contributed by atoms with Crippen molar-refractivity contribution in [1.82, 2.24) is 15.6 Å². The molecule has 2 N–H and O–H groups in total. The molecule has 1 saturated heterocycles. The van der Waals surface area contributed by atoms with Crippen LogP contribution >= 0.6 is 0 Å². The van der Waals surface area contributed by atoms with E-state index in [1.54, 1.807) is 0 Å². The standard InChI is InChI=1S/C12H10N4O3/c13-5-7-1-2-8(14-6-7)11(18)15-9-3-4-10(17)16-12(9)19/h1-2,6,9H,3-4H2,(H,15,18)(H,16,17,19). The van der Waals surface area contributed by atoms with E-state index in [1.165, 1.54) is 18.3 Å². The molecule has 1 aliphatic heterocycles. The normalized spacial score (nSPS) is 18.4. The van der Waals surface area contributed by atoms with Gasteiger partial charge in [0, 0.05) is 12.6 Å². The summed E-state index contributed by atoms with van der Waals surface area (Å²) in [5.41, 5.74) is 0.459. The Morgan fingerprint density at radius 1 is 1.47 bits per heavy atom. The zero-order valence-corrected chi connectivity index (χ0v) is 9.84. The highest BCUT2D eigenvalue weighted by Gasteiger charge is 2.28. The molecule has 0 saturated carbocycles. The van der Waals surface area contributed by atoms with Crippen molar-refractivity contribution in [3.05, 3.63) is 29.6 Å². The lowest BCUT2D eigenvalue weighted by atomic mass is 10.1. The molecule has 1 aliphatic rings. The number of pyridine rings is 1. The van der Waals surface area contributed by atoms with E-state index in [-0.39, 0.29) is 24.4 Å². The zero-order chi connectivity index (χ0) is 13.8. The van der Waals surface area contributed by atoms with E-state index in [1.807, 2.05) is 6.07 Å². The Morgan fingerprint density at radius 2 is 2.26 bits per heavy atom. The van der Waals surface area contributed by atoms with E-state index >= 15 is 0 Å². The van der Waals surface area contributed by atoms with Gasteiger partial charge in [-0.2, -0.15) is 5.26 Å². The molecule has 3 amide bonds. The minimum absolute atomic E-state index is 0.115. The van der Waals surface area contributed by atoms with E-state index in [0.29, 0.717) is 5.56 Å². The third-order valence-corrected chi connectivity index (χ3v) is 2.67. The first-order valence-corrected chi connectivity index (χ1v) is 5.61. The van der Waals surface area contributed by atoms with Crippen LogP contribution in [0, 0.1) is 11.3 Å². The number of nitrogens with one attached hydrogen (secondary N) is 2. The smallest absolute Gasteiger partial charge is 0.270 e. The molecule has 1 atom stereocenters. The summed E-state index contributed by atoms with van der Waals surface area (Å²) >= 11 is 0. The van der Waals surface area contributed by atoms with Gasteiger partial charge in [-0.1, -0.05) is 0 Å². The Kier molecular flexibility index (Phi) is 3.52. The lowest BCUT2D eigenvalue weighted by Gasteiger charge is -2.21. The predicted molar refractivity (Wildman–Crippen MR) is 62.6 cm³/mol. The maximum absolute atomic E-state index is 11.8. The lowest BCUT2D eigenvalue weighted by molar-refractivity contribution is -0.134. The second kappa shape index (κ2) is 5.27. The molecular formula is C12H10N4O3. The van der Waals surface area contributed by atoms with E-state index in [4.69, 9.17) is 5.26 Å². The van der Waals surface area contributed by atoms with Gasteiger partial charge >= 0.3 is 0 Å². The molecule has 0 bridgehead atoms. The van der Waals surface area contributed by atoms with Crippen LogP contribution in [0.3, 0.4) is 0 Å². The predicted octanol–water partition coefficient (Wildman–Crippen LogP) is -0.512. The first-order valence-electron chi connectivity index (χ1n) is 5.61. The molecule has 1 unspecified atom stereocenters. The Hall–Kier alpha value is -2.75. The molecule has 0 radical (unpaired) electrons. The number of hydrogen-bond acceptors (Lipinski definition) is 5. The molecule has 1 aromatic heterocycles. The Labute approximate surface area is 108 Å². The van der Waals surface area contributed by atoms with Gasteiger partial charge in [0.1, 0.15) is 17.8 Å². The largest absolute Gasteiger partial charge is 0.339 e. The van der Waals surface area contributed by atoms with Gasteiger partial charge in [0.25, 0.3) is 5.91 Å². The van der Waals surface area contributed by atoms with Crippen molar-refractivity contribution in [3.8, 4) is 6.07 Å². The Bertz CT molecular complexity index is 574. The van der Waals surface area contributed by atoms with Crippen LogP contribution in [0.5, 0.6) is 0 Å². The molecule has 2 heterocycles. The number of carbonyl (C=O) groups is 3. The summed E-state index contributed by atoms with van der Waals surface area (Å²) in [6.45, 7) is 0. The molecule has 1 fully saturated rings. The molecule has 0 aliphatic carbocycles. The topological polar surface area (TPSA) is 112 Å². The van der Waals surface area contributed by atoms with Crippen LogP contribution in [0.4, 0.5) is 0 Å². The third kappa shape index (κ3) is 2.93.